The summed E-state index contributed by atoms with van der Waals surface area (Å²) in [5, 5.41) is 0.895. The van der Waals surface area contributed by atoms with Crippen LogP contribution in [0.5, 0.6) is 5.75 Å². The van der Waals surface area contributed by atoms with Gasteiger partial charge in [-0.2, -0.15) is 4.99 Å². The van der Waals surface area contributed by atoms with Gasteiger partial charge in [-0.05, 0) is 30.2 Å². The van der Waals surface area contributed by atoms with Crippen molar-refractivity contribution < 1.29 is 17.9 Å². The number of amides is 1. The largest absolute Gasteiger partial charge is 0.494 e. The zero-order valence-corrected chi connectivity index (χ0v) is 20.1. The molecule has 2 aliphatic rings. The second-order valence-electron chi connectivity index (χ2n) is 7.93. The Morgan fingerprint density at radius 3 is 2.81 bits per heavy atom. The van der Waals surface area contributed by atoms with Crippen LogP contribution in [-0.2, 0) is 21.1 Å². The fourth-order valence-electron chi connectivity index (χ4n) is 3.87. The first-order chi connectivity index (χ1) is 15.4. The van der Waals surface area contributed by atoms with Gasteiger partial charge in [0.05, 0.1) is 30.6 Å². The fraction of sp³-hybridized carbons (Fsp3) is 0.391. The van der Waals surface area contributed by atoms with Crippen LogP contribution in [0.1, 0.15) is 25.3 Å². The van der Waals surface area contributed by atoms with Crippen LogP contribution in [0.2, 0.25) is 5.02 Å². The van der Waals surface area contributed by atoms with E-state index in [1.807, 2.05) is 41.3 Å². The van der Waals surface area contributed by atoms with Gasteiger partial charge in [-0.1, -0.05) is 61.0 Å². The Kier molecular flexibility index (Phi) is 7.12. The number of halogens is 1. The van der Waals surface area contributed by atoms with E-state index in [2.05, 4.69) is 11.9 Å². The Hall–Kier alpha value is -2.03. The minimum Gasteiger partial charge on any atom is -0.494 e. The molecule has 0 radical (unpaired) electrons. The van der Waals surface area contributed by atoms with Crippen molar-refractivity contribution in [2.75, 3.05) is 23.0 Å². The van der Waals surface area contributed by atoms with E-state index in [0.29, 0.717) is 28.1 Å². The Morgan fingerprint density at radius 2 is 2.03 bits per heavy atom. The highest BCUT2D eigenvalue weighted by atomic mass is 35.5. The molecular weight excluding hydrogens is 468 g/mol. The van der Waals surface area contributed by atoms with Crippen LogP contribution >= 0.6 is 23.4 Å². The number of carbonyl (C=O) groups is 1. The number of ether oxygens (including phenoxy) is 1. The molecule has 0 saturated carbocycles. The number of aliphatic imine (C=N–C) groups is 1. The van der Waals surface area contributed by atoms with Gasteiger partial charge in [0.2, 0.25) is 0 Å². The average Bonchev–Trinajstić information content (AvgIpc) is 3.20. The predicted molar refractivity (Wildman–Crippen MR) is 131 cm³/mol. The second-order valence-corrected chi connectivity index (χ2v) is 11.7. The lowest BCUT2D eigenvalue weighted by atomic mass is 10.1. The summed E-state index contributed by atoms with van der Waals surface area (Å²) in [6.07, 6.45) is 2.08. The minimum atomic E-state index is -3.13. The second kappa shape index (κ2) is 9.85. The summed E-state index contributed by atoms with van der Waals surface area (Å²) in [7, 11) is -3.13. The van der Waals surface area contributed by atoms with Gasteiger partial charge in [-0.15, -0.1) is 0 Å². The average molecular weight is 493 g/mol. The van der Waals surface area contributed by atoms with Crippen molar-refractivity contribution in [1.29, 1.82) is 0 Å². The highest BCUT2D eigenvalue weighted by molar-refractivity contribution is 8.16. The first-order valence-corrected chi connectivity index (χ1v) is 13.7. The molecule has 1 amide bonds. The number of anilines is 1. The minimum absolute atomic E-state index is 0.0450. The van der Waals surface area contributed by atoms with Crippen LogP contribution in [0.4, 0.5) is 5.69 Å². The first-order valence-electron chi connectivity index (χ1n) is 10.6. The first kappa shape index (κ1) is 23.1. The smallest absolute Gasteiger partial charge is 0.252 e. The summed E-state index contributed by atoms with van der Waals surface area (Å²) in [4.78, 5) is 19.0. The summed E-state index contributed by atoms with van der Waals surface area (Å²) >= 11 is 7.55. The van der Waals surface area contributed by atoms with Crippen LogP contribution < -0.4 is 9.64 Å². The van der Waals surface area contributed by atoms with Crippen LogP contribution in [0.25, 0.3) is 0 Å². The molecule has 0 aromatic heterocycles. The van der Waals surface area contributed by atoms with Gasteiger partial charge < -0.3 is 9.64 Å². The standard InChI is InChI=1S/C23H25ClN2O4S2/c1-2-3-11-30-18-9-6-8-17(13-18)26-20-14-32(28,29)15-21(20)31-23(26)25-22(27)12-16-7-4-5-10-19(16)24/h4-10,13,20-21H,2-3,11-12,14-15H2,1H3. The van der Waals surface area contributed by atoms with Crippen molar-refractivity contribution in [1.82, 2.24) is 0 Å². The molecule has 0 N–H and O–H groups in total. The van der Waals surface area contributed by atoms with Gasteiger partial charge in [0.25, 0.3) is 5.91 Å². The SMILES string of the molecule is CCCCOc1cccc(N2C(=NC(=O)Cc3ccccc3Cl)SC3CS(=O)(=O)CC32)c1. The van der Waals surface area contributed by atoms with Crippen LogP contribution in [0.3, 0.4) is 0 Å². The van der Waals surface area contributed by atoms with Crippen molar-refractivity contribution in [3.63, 3.8) is 0 Å². The molecule has 2 aromatic rings. The number of unbranched alkanes of at least 4 members (excludes halogenated alkanes) is 1. The third-order valence-electron chi connectivity index (χ3n) is 5.45. The van der Waals surface area contributed by atoms with Gasteiger partial charge in [0.1, 0.15) is 5.75 Å². The summed E-state index contributed by atoms with van der Waals surface area (Å²) < 4.78 is 30.4. The van der Waals surface area contributed by atoms with Crippen LogP contribution in [0.15, 0.2) is 53.5 Å². The van der Waals surface area contributed by atoms with Crippen LogP contribution in [-0.4, -0.2) is 48.9 Å². The molecule has 6 nitrogen and oxygen atoms in total. The van der Waals surface area contributed by atoms with Gasteiger partial charge in [0.15, 0.2) is 15.0 Å². The molecule has 32 heavy (non-hydrogen) atoms. The maximum Gasteiger partial charge on any atom is 0.252 e. The number of carbonyl (C=O) groups excluding carboxylic acids is 1. The van der Waals surface area contributed by atoms with E-state index in [0.717, 1.165) is 18.5 Å². The lowest BCUT2D eigenvalue weighted by molar-refractivity contribution is -0.117. The number of hydrogen-bond acceptors (Lipinski definition) is 5. The zero-order chi connectivity index (χ0) is 22.7. The Balaban J connectivity index is 1.62. The third-order valence-corrected chi connectivity index (χ3v) is 9.03. The number of fused-ring (bicyclic) bond motifs is 1. The maximum atomic E-state index is 12.8. The maximum absolute atomic E-state index is 12.8. The van der Waals surface area contributed by atoms with Crippen molar-refractivity contribution in [2.24, 2.45) is 4.99 Å². The Bertz CT molecular complexity index is 1140. The molecule has 9 heteroatoms. The van der Waals surface area contributed by atoms with E-state index in [1.54, 1.807) is 12.1 Å². The van der Waals surface area contributed by atoms with E-state index in [4.69, 9.17) is 16.3 Å². The monoisotopic (exact) mass is 492 g/mol. The molecule has 0 aliphatic carbocycles. The van der Waals surface area contributed by atoms with Crippen LogP contribution in [0, 0.1) is 0 Å². The summed E-state index contributed by atoms with van der Waals surface area (Å²) in [6, 6.07) is 14.5. The normalized spacial score (nSPS) is 22.8. The molecule has 0 bridgehead atoms. The molecule has 170 valence electrons. The van der Waals surface area contributed by atoms with Gasteiger partial charge in [0, 0.05) is 22.0 Å². The van der Waals surface area contributed by atoms with Crippen molar-refractivity contribution >= 4 is 50.0 Å². The van der Waals surface area contributed by atoms with Crippen molar-refractivity contribution in [3.05, 3.63) is 59.1 Å². The molecule has 4 rings (SSSR count). The molecule has 2 aliphatic heterocycles. The number of thioether (sulfide) groups is 1. The quantitative estimate of drug-likeness (QED) is 0.534. The zero-order valence-electron chi connectivity index (χ0n) is 17.7. The number of amidine groups is 1. The Morgan fingerprint density at radius 1 is 1.22 bits per heavy atom. The van der Waals surface area contributed by atoms with Crippen molar-refractivity contribution in [3.8, 4) is 5.75 Å². The van der Waals surface area contributed by atoms with Gasteiger partial charge >= 0.3 is 0 Å². The summed E-state index contributed by atoms with van der Waals surface area (Å²) in [6.45, 7) is 2.72. The molecule has 0 spiro atoms. The van der Waals surface area contributed by atoms with E-state index in [1.165, 1.54) is 11.8 Å². The molecular formula is C23H25ClN2O4S2. The van der Waals surface area contributed by atoms with E-state index in [9.17, 15) is 13.2 Å². The number of sulfone groups is 1. The highest BCUT2D eigenvalue weighted by Gasteiger charge is 2.49. The van der Waals surface area contributed by atoms with E-state index < -0.39 is 9.84 Å². The molecule has 2 aromatic carbocycles. The van der Waals surface area contributed by atoms with Gasteiger partial charge in [-0.25, -0.2) is 8.42 Å². The summed E-state index contributed by atoms with van der Waals surface area (Å²) in [5.41, 5.74) is 1.49. The predicted octanol–water partition coefficient (Wildman–Crippen LogP) is 4.36. The topological polar surface area (TPSA) is 76.0 Å². The van der Waals surface area contributed by atoms with Crippen molar-refractivity contribution in [2.45, 2.75) is 37.5 Å². The van der Waals surface area contributed by atoms with Gasteiger partial charge in [-0.3, -0.25) is 4.79 Å². The number of rotatable bonds is 7. The fourth-order valence-corrected chi connectivity index (χ4v) is 8.01. The number of nitrogens with zero attached hydrogens (tertiary/aromatic N) is 2. The lowest BCUT2D eigenvalue weighted by Crippen LogP contribution is -2.37. The number of hydrogen-bond donors (Lipinski definition) is 0. The molecule has 2 saturated heterocycles. The van der Waals surface area contributed by atoms with E-state index >= 15 is 0 Å². The van der Waals surface area contributed by atoms with E-state index in [-0.39, 0.29) is 35.1 Å². The molecule has 2 atom stereocenters. The third kappa shape index (κ3) is 5.30. The molecule has 2 fully saturated rings. The Labute approximate surface area is 197 Å². The molecule has 2 heterocycles. The highest BCUT2D eigenvalue weighted by Crippen LogP contribution is 2.41. The lowest BCUT2D eigenvalue weighted by Gasteiger charge is -2.25. The summed E-state index contributed by atoms with van der Waals surface area (Å²) in [5.74, 6) is 0.530. The number of benzene rings is 2. The molecule has 2 unspecified atom stereocenters.